The van der Waals surface area contributed by atoms with Crippen LogP contribution in [0.25, 0.3) is 5.57 Å². The van der Waals surface area contributed by atoms with Crippen LogP contribution in [0.2, 0.25) is 0 Å². The third kappa shape index (κ3) is 2.85. The lowest BCUT2D eigenvalue weighted by Gasteiger charge is -2.17. The van der Waals surface area contributed by atoms with Crippen LogP contribution in [-0.2, 0) is 0 Å². The van der Waals surface area contributed by atoms with E-state index in [9.17, 15) is 10.2 Å². The molecule has 1 aliphatic rings. The molecule has 2 unspecified atom stereocenters. The highest BCUT2D eigenvalue weighted by Crippen LogP contribution is 2.24. The van der Waals surface area contributed by atoms with Crippen molar-refractivity contribution in [3.05, 3.63) is 35.4 Å². The normalized spacial score (nSPS) is 20.2. The Morgan fingerprint density at radius 2 is 1.48 bits per heavy atom. The van der Waals surface area contributed by atoms with Crippen LogP contribution in [0.5, 0.6) is 0 Å². The molecule has 6 heteroatoms. The fraction of sp³-hybridized carbons (Fsp3) is 0.267. The van der Waals surface area contributed by atoms with Crippen molar-refractivity contribution >= 4 is 11.3 Å². The minimum absolute atomic E-state index is 0.0352. The molecule has 2 N–H and O–H groups in total. The Morgan fingerprint density at radius 3 is 1.90 bits per heavy atom. The van der Waals surface area contributed by atoms with Crippen molar-refractivity contribution in [2.24, 2.45) is 0 Å². The summed E-state index contributed by atoms with van der Waals surface area (Å²) in [5.41, 5.74) is 1.09. The van der Waals surface area contributed by atoms with Gasteiger partial charge in [0.15, 0.2) is 0 Å². The average Bonchev–Trinajstić information content (AvgIpc) is 2.84. The van der Waals surface area contributed by atoms with E-state index in [4.69, 9.17) is 15.8 Å². The fourth-order valence-electron chi connectivity index (χ4n) is 2.22. The molecule has 2 atom stereocenters. The summed E-state index contributed by atoms with van der Waals surface area (Å²) in [4.78, 5) is 1.82. The van der Waals surface area contributed by atoms with E-state index in [1.165, 1.54) is 0 Å². The number of β-amino-alcohol motifs (C(OH)–C–C–N with tert-alkyl or cyclic N) is 2. The van der Waals surface area contributed by atoms with Crippen LogP contribution in [0.15, 0.2) is 29.8 Å². The molecule has 0 radical (unpaired) electrons. The monoisotopic (exact) mass is 280 g/mol. The summed E-state index contributed by atoms with van der Waals surface area (Å²) in [6.45, 7) is 0.673. The second-order valence-electron chi connectivity index (χ2n) is 4.67. The predicted molar refractivity (Wildman–Crippen MR) is 74.4 cm³/mol. The van der Waals surface area contributed by atoms with Gasteiger partial charge in [-0.15, -0.1) is 0 Å². The molecule has 0 bridgehead atoms. The molecular formula is C15H12N4O2. The zero-order valence-electron chi connectivity index (χ0n) is 11.1. The molecule has 2 rings (SSSR count). The molecule has 0 aliphatic carbocycles. The first-order chi connectivity index (χ1) is 10.1. The van der Waals surface area contributed by atoms with Crippen LogP contribution in [0.4, 0.5) is 5.69 Å². The van der Waals surface area contributed by atoms with Crippen molar-refractivity contribution in [1.82, 2.24) is 0 Å². The number of aliphatic hydroxyl groups is 2. The SMILES string of the molecule is N#CC(C#N)=C(C#N)c1ccc(N2CC(O)C(O)C2)cc1. The van der Waals surface area contributed by atoms with E-state index < -0.39 is 12.2 Å². The summed E-state index contributed by atoms with van der Waals surface area (Å²) in [5.74, 6) is 0. The van der Waals surface area contributed by atoms with Crippen LogP contribution in [-0.4, -0.2) is 35.5 Å². The number of hydrogen-bond donors (Lipinski definition) is 2. The maximum Gasteiger partial charge on any atom is 0.148 e. The number of benzene rings is 1. The van der Waals surface area contributed by atoms with Crippen molar-refractivity contribution in [3.63, 3.8) is 0 Å². The van der Waals surface area contributed by atoms with Crippen molar-refractivity contribution in [2.75, 3.05) is 18.0 Å². The van der Waals surface area contributed by atoms with Gasteiger partial charge in [-0.1, -0.05) is 12.1 Å². The minimum atomic E-state index is -0.775. The van der Waals surface area contributed by atoms with Crippen molar-refractivity contribution in [3.8, 4) is 18.2 Å². The Bertz CT molecular complexity index is 662. The number of anilines is 1. The number of nitrogens with zero attached hydrogens (tertiary/aromatic N) is 4. The van der Waals surface area contributed by atoms with E-state index in [0.717, 1.165) is 5.69 Å². The molecule has 0 aromatic heterocycles. The number of allylic oxidation sites excluding steroid dienone is 2. The first-order valence-electron chi connectivity index (χ1n) is 6.26. The quantitative estimate of drug-likeness (QED) is 0.764. The first-order valence-corrected chi connectivity index (χ1v) is 6.26. The largest absolute Gasteiger partial charge is 0.389 e. The molecule has 1 aliphatic heterocycles. The van der Waals surface area contributed by atoms with Gasteiger partial charge < -0.3 is 15.1 Å². The summed E-state index contributed by atoms with van der Waals surface area (Å²) in [5, 5.41) is 45.8. The Labute approximate surface area is 122 Å². The number of hydrogen-bond acceptors (Lipinski definition) is 6. The average molecular weight is 280 g/mol. The molecule has 6 nitrogen and oxygen atoms in total. The highest BCUT2D eigenvalue weighted by molar-refractivity contribution is 5.84. The van der Waals surface area contributed by atoms with Gasteiger partial charge in [0.05, 0.1) is 17.8 Å². The van der Waals surface area contributed by atoms with Crippen LogP contribution >= 0.6 is 0 Å². The van der Waals surface area contributed by atoms with Gasteiger partial charge in [-0.05, 0) is 17.7 Å². The molecule has 1 saturated heterocycles. The van der Waals surface area contributed by atoms with Crippen LogP contribution < -0.4 is 4.90 Å². The molecule has 1 aromatic carbocycles. The number of aliphatic hydroxyl groups excluding tert-OH is 2. The predicted octanol–water partition coefficient (Wildman–Crippen LogP) is 0.553. The standard InChI is InChI=1S/C15H12N4O2/c16-5-11(6-17)13(7-18)10-1-3-12(4-2-10)19-8-14(20)15(21)9-19/h1-4,14-15,20-21H,8-9H2. The maximum atomic E-state index is 9.53. The molecule has 104 valence electrons. The molecule has 0 spiro atoms. The number of nitriles is 3. The van der Waals surface area contributed by atoms with Gasteiger partial charge in [-0.25, -0.2) is 0 Å². The smallest absolute Gasteiger partial charge is 0.148 e. The zero-order chi connectivity index (χ0) is 15.4. The summed E-state index contributed by atoms with van der Waals surface area (Å²) in [6.07, 6.45) is -1.55. The van der Waals surface area contributed by atoms with Gasteiger partial charge in [0, 0.05) is 18.8 Å². The van der Waals surface area contributed by atoms with Crippen molar-refractivity contribution < 1.29 is 10.2 Å². The maximum absolute atomic E-state index is 9.53. The Morgan fingerprint density at radius 1 is 0.952 bits per heavy atom. The Kier molecular flexibility index (Phi) is 4.21. The minimum Gasteiger partial charge on any atom is -0.389 e. The van der Waals surface area contributed by atoms with Gasteiger partial charge in [-0.2, -0.15) is 15.8 Å². The van der Waals surface area contributed by atoms with Crippen molar-refractivity contribution in [1.29, 1.82) is 15.8 Å². The van der Waals surface area contributed by atoms with E-state index in [0.29, 0.717) is 18.7 Å². The lowest BCUT2D eigenvalue weighted by molar-refractivity contribution is 0.0572. The second kappa shape index (κ2) is 6.07. The van der Waals surface area contributed by atoms with E-state index in [1.807, 2.05) is 11.0 Å². The Balaban J connectivity index is 2.29. The van der Waals surface area contributed by atoms with E-state index in [-0.39, 0.29) is 11.1 Å². The summed E-state index contributed by atoms with van der Waals surface area (Å²) >= 11 is 0. The van der Waals surface area contributed by atoms with Crippen molar-refractivity contribution in [2.45, 2.75) is 12.2 Å². The fourth-order valence-corrected chi connectivity index (χ4v) is 2.22. The van der Waals surface area contributed by atoms with Gasteiger partial charge in [0.1, 0.15) is 23.8 Å². The van der Waals surface area contributed by atoms with Crippen LogP contribution in [0, 0.1) is 34.0 Å². The van der Waals surface area contributed by atoms with Gasteiger partial charge in [0.2, 0.25) is 0 Å². The molecule has 1 heterocycles. The lowest BCUT2D eigenvalue weighted by Crippen LogP contribution is -2.22. The lowest BCUT2D eigenvalue weighted by atomic mass is 10.0. The van der Waals surface area contributed by atoms with Gasteiger partial charge in [-0.3, -0.25) is 0 Å². The Hall–Kier alpha value is -2.85. The van der Waals surface area contributed by atoms with E-state index >= 15 is 0 Å². The van der Waals surface area contributed by atoms with E-state index in [2.05, 4.69) is 0 Å². The third-order valence-electron chi connectivity index (χ3n) is 3.37. The van der Waals surface area contributed by atoms with Gasteiger partial charge in [0.25, 0.3) is 0 Å². The molecule has 1 fully saturated rings. The molecule has 0 saturated carbocycles. The summed E-state index contributed by atoms with van der Waals surface area (Å²) in [6, 6.07) is 12.0. The topological polar surface area (TPSA) is 115 Å². The second-order valence-corrected chi connectivity index (χ2v) is 4.67. The molecule has 0 amide bonds. The van der Waals surface area contributed by atoms with Crippen LogP contribution in [0.3, 0.4) is 0 Å². The molecular weight excluding hydrogens is 268 g/mol. The molecule has 21 heavy (non-hydrogen) atoms. The van der Waals surface area contributed by atoms with Crippen LogP contribution in [0.1, 0.15) is 5.56 Å². The summed E-state index contributed by atoms with van der Waals surface area (Å²) < 4.78 is 0. The van der Waals surface area contributed by atoms with E-state index in [1.54, 1.807) is 36.4 Å². The summed E-state index contributed by atoms with van der Waals surface area (Å²) in [7, 11) is 0. The first kappa shape index (κ1) is 14.6. The van der Waals surface area contributed by atoms with Gasteiger partial charge >= 0.3 is 0 Å². The molecule has 1 aromatic rings. The number of rotatable bonds is 2. The highest BCUT2D eigenvalue weighted by atomic mass is 16.3. The third-order valence-corrected chi connectivity index (χ3v) is 3.37. The highest BCUT2D eigenvalue weighted by Gasteiger charge is 2.29. The zero-order valence-corrected chi connectivity index (χ0v) is 11.1.